The van der Waals surface area contributed by atoms with Crippen LogP contribution in [0.2, 0.25) is 5.02 Å². The lowest BCUT2D eigenvalue weighted by Gasteiger charge is -2.31. The molecule has 0 aliphatic rings. The zero-order valence-corrected chi connectivity index (χ0v) is 13.7. The van der Waals surface area contributed by atoms with Crippen LogP contribution in [0.4, 0.5) is 5.69 Å². The number of benzene rings is 2. The van der Waals surface area contributed by atoms with Crippen LogP contribution in [0.25, 0.3) is 0 Å². The molecule has 2 rings (SSSR count). The molecule has 2 aromatic carbocycles. The van der Waals surface area contributed by atoms with E-state index in [4.69, 9.17) is 11.6 Å². The van der Waals surface area contributed by atoms with Gasteiger partial charge in [0, 0.05) is 29.8 Å². The number of nitrogens with one attached hydrogen (secondary N) is 1. The number of hydrogen-bond acceptors (Lipinski definition) is 2. The number of hydrogen-bond donors (Lipinski definition) is 1. The Morgan fingerprint density at radius 2 is 1.81 bits per heavy atom. The van der Waals surface area contributed by atoms with E-state index in [1.165, 1.54) is 16.8 Å². The van der Waals surface area contributed by atoms with Crippen molar-refractivity contribution in [3.63, 3.8) is 0 Å². The molecule has 0 spiro atoms. The maximum atomic E-state index is 6.22. The summed E-state index contributed by atoms with van der Waals surface area (Å²) in [5.74, 6) is 0. The summed E-state index contributed by atoms with van der Waals surface area (Å²) in [6.45, 7) is 6.15. The van der Waals surface area contributed by atoms with E-state index in [9.17, 15) is 0 Å². The van der Waals surface area contributed by atoms with Crippen LogP contribution < -0.4 is 10.2 Å². The summed E-state index contributed by atoms with van der Waals surface area (Å²) in [5, 5.41) is 4.01. The molecular formula is C18H23ClN2. The topological polar surface area (TPSA) is 15.3 Å². The van der Waals surface area contributed by atoms with Crippen molar-refractivity contribution in [2.24, 2.45) is 0 Å². The number of nitrogens with zero attached hydrogens (tertiary/aromatic N) is 1. The third-order valence-electron chi connectivity index (χ3n) is 3.54. The van der Waals surface area contributed by atoms with Crippen LogP contribution in [-0.4, -0.2) is 13.1 Å². The summed E-state index contributed by atoms with van der Waals surface area (Å²) in [6, 6.07) is 17.1. The Labute approximate surface area is 132 Å². The van der Waals surface area contributed by atoms with Crippen LogP contribution in [-0.2, 0) is 13.1 Å². The van der Waals surface area contributed by atoms with Crippen LogP contribution in [0.3, 0.4) is 0 Å². The van der Waals surface area contributed by atoms with E-state index in [1.807, 2.05) is 13.1 Å². The lowest BCUT2D eigenvalue weighted by molar-refractivity contribution is 0.674. The van der Waals surface area contributed by atoms with E-state index >= 15 is 0 Å². The molecule has 112 valence electrons. The van der Waals surface area contributed by atoms with Crippen LogP contribution >= 0.6 is 11.6 Å². The standard InChI is InChI=1S/C18H23ClN2/c1-14(2)21(13-15-7-5-4-6-8-15)18-11-17(19)10-9-16(18)12-20-3/h4-11,14,20H,12-13H2,1-3H3. The molecule has 2 aromatic rings. The summed E-state index contributed by atoms with van der Waals surface area (Å²) >= 11 is 6.22. The Balaban J connectivity index is 2.35. The van der Waals surface area contributed by atoms with Crippen molar-refractivity contribution >= 4 is 17.3 Å². The van der Waals surface area contributed by atoms with Gasteiger partial charge in [-0.15, -0.1) is 0 Å². The average molecular weight is 303 g/mol. The van der Waals surface area contributed by atoms with E-state index in [0.717, 1.165) is 18.1 Å². The molecule has 0 heterocycles. The SMILES string of the molecule is CNCc1ccc(Cl)cc1N(Cc1ccccc1)C(C)C. The highest BCUT2D eigenvalue weighted by atomic mass is 35.5. The van der Waals surface area contributed by atoms with Gasteiger partial charge in [-0.3, -0.25) is 0 Å². The molecule has 0 atom stereocenters. The quantitative estimate of drug-likeness (QED) is 0.846. The molecule has 3 heteroatoms. The van der Waals surface area contributed by atoms with Crippen molar-refractivity contribution in [1.82, 2.24) is 5.32 Å². The lowest BCUT2D eigenvalue weighted by atomic mass is 10.1. The van der Waals surface area contributed by atoms with Gasteiger partial charge >= 0.3 is 0 Å². The summed E-state index contributed by atoms with van der Waals surface area (Å²) in [4.78, 5) is 2.40. The second-order valence-corrected chi connectivity index (χ2v) is 5.95. The molecule has 0 aliphatic heterocycles. The molecule has 0 saturated heterocycles. The highest BCUT2D eigenvalue weighted by Gasteiger charge is 2.15. The van der Waals surface area contributed by atoms with E-state index < -0.39 is 0 Å². The van der Waals surface area contributed by atoms with Crippen molar-refractivity contribution in [2.45, 2.75) is 33.0 Å². The first-order chi connectivity index (χ1) is 10.1. The van der Waals surface area contributed by atoms with Gasteiger partial charge < -0.3 is 10.2 Å². The third kappa shape index (κ3) is 4.23. The second-order valence-electron chi connectivity index (χ2n) is 5.51. The Kier molecular flexibility index (Phi) is 5.66. The van der Waals surface area contributed by atoms with Gasteiger partial charge in [-0.25, -0.2) is 0 Å². The summed E-state index contributed by atoms with van der Waals surface area (Å²) < 4.78 is 0. The largest absolute Gasteiger partial charge is 0.364 e. The molecule has 0 saturated carbocycles. The molecule has 21 heavy (non-hydrogen) atoms. The van der Waals surface area contributed by atoms with Gasteiger partial charge in [0.15, 0.2) is 0 Å². The van der Waals surface area contributed by atoms with E-state index in [2.05, 4.69) is 66.5 Å². The first-order valence-corrected chi connectivity index (χ1v) is 7.73. The predicted octanol–water partition coefficient (Wildman–Crippen LogP) is 4.47. The van der Waals surface area contributed by atoms with Crippen LogP contribution in [0.15, 0.2) is 48.5 Å². The minimum atomic E-state index is 0.402. The first-order valence-electron chi connectivity index (χ1n) is 7.35. The fourth-order valence-electron chi connectivity index (χ4n) is 2.47. The minimum Gasteiger partial charge on any atom is -0.364 e. The van der Waals surface area contributed by atoms with Crippen LogP contribution in [0.5, 0.6) is 0 Å². The fraction of sp³-hybridized carbons (Fsp3) is 0.333. The van der Waals surface area contributed by atoms with Gasteiger partial charge in [-0.2, -0.15) is 0 Å². The Bertz CT molecular complexity index is 567. The molecule has 2 nitrogen and oxygen atoms in total. The lowest BCUT2D eigenvalue weighted by Crippen LogP contribution is -2.31. The van der Waals surface area contributed by atoms with Crippen molar-refractivity contribution in [2.75, 3.05) is 11.9 Å². The maximum Gasteiger partial charge on any atom is 0.0432 e. The Hall–Kier alpha value is -1.51. The van der Waals surface area contributed by atoms with Gasteiger partial charge in [-0.05, 0) is 44.2 Å². The van der Waals surface area contributed by atoms with Crippen molar-refractivity contribution in [3.8, 4) is 0 Å². The average Bonchev–Trinajstić information content (AvgIpc) is 2.48. The molecule has 0 amide bonds. The Morgan fingerprint density at radius 1 is 1.10 bits per heavy atom. The van der Waals surface area contributed by atoms with Crippen molar-refractivity contribution in [3.05, 3.63) is 64.7 Å². The molecule has 0 fully saturated rings. The monoisotopic (exact) mass is 302 g/mol. The number of anilines is 1. The van der Waals surface area contributed by atoms with Crippen molar-refractivity contribution < 1.29 is 0 Å². The molecule has 1 N–H and O–H groups in total. The highest BCUT2D eigenvalue weighted by molar-refractivity contribution is 6.30. The summed E-state index contributed by atoms with van der Waals surface area (Å²) in [7, 11) is 1.97. The van der Waals surface area contributed by atoms with Crippen LogP contribution in [0.1, 0.15) is 25.0 Å². The highest BCUT2D eigenvalue weighted by Crippen LogP contribution is 2.28. The third-order valence-corrected chi connectivity index (χ3v) is 3.78. The van der Waals surface area contributed by atoms with Gasteiger partial charge in [-0.1, -0.05) is 48.0 Å². The van der Waals surface area contributed by atoms with E-state index in [0.29, 0.717) is 6.04 Å². The molecule has 0 radical (unpaired) electrons. The van der Waals surface area contributed by atoms with Gasteiger partial charge in [0.25, 0.3) is 0 Å². The molecule has 0 aliphatic carbocycles. The molecule has 0 aromatic heterocycles. The molecular weight excluding hydrogens is 280 g/mol. The predicted molar refractivity (Wildman–Crippen MR) is 92.0 cm³/mol. The van der Waals surface area contributed by atoms with Gasteiger partial charge in [0.05, 0.1) is 0 Å². The molecule has 0 bridgehead atoms. The zero-order valence-electron chi connectivity index (χ0n) is 12.9. The minimum absolute atomic E-state index is 0.402. The summed E-state index contributed by atoms with van der Waals surface area (Å²) in [5.41, 5.74) is 3.78. The zero-order chi connectivity index (χ0) is 15.2. The van der Waals surface area contributed by atoms with E-state index in [1.54, 1.807) is 0 Å². The molecule has 0 unspecified atom stereocenters. The maximum absolute atomic E-state index is 6.22. The number of rotatable bonds is 6. The van der Waals surface area contributed by atoms with Gasteiger partial charge in [0.2, 0.25) is 0 Å². The normalized spacial score (nSPS) is 10.9. The van der Waals surface area contributed by atoms with Crippen molar-refractivity contribution in [1.29, 1.82) is 0 Å². The number of halogens is 1. The fourth-order valence-corrected chi connectivity index (χ4v) is 2.64. The second kappa shape index (κ2) is 7.48. The first kappa shape index (κ1) is 15.9. The smallest absolute Gasteiger partial charge is 0.0432 e. The van der Waals surface area contributed by atoms with E-state index in [-0.39, 0.29) is 0 Å². The van der Waals surface area contributed by atoms with Gasteiger partial charge in [0.1, 0.15) is 0 Å². The summed E-state index contributed by atoms with van der Waals surface area (Å²) in [6.07, 6.45) is 0. The Morgan fingerprint density at radius 3 is 2.43 bits per heavy atom. The van der Waals surface area contributed by atoms with Crippen LogP contribution in [0, 0.1) is 0 Å².